The van der Waals surface area contributed by atoms with E-state index in [4.69, 9.17) is 4.74 Å². The van der Waals surface area contributed by atoms with E-state index in [1.165, 1.54) is 30.3 Å². The Morgan fingerprint density at radius 2 is 1.95 bits per heavy atom. The average molecular weight is 358 g/mol. The number of hydrogen-bond acceptors (Lipinski definition) is 3. The molecular formula is C14H10BrF2NO3. The fourth-order valence-corrected chi connectivity index (χ4v) is 2.21. The maximum atomic E-state index is 13.9. The second-order valence-corrected chi connectivity index (χ2v) is 4.74. The molecule has 0 aliphatic heterocycles. The van der Waals surface area contributed by atoms with E-state index in [1.54, 1.807) is 0 Å². The van der Waals surface area contributed by atoms with E-state index in [-0.39, 0.29) is 12.2 Å². The standard InChI is InChI=1S/C14H10BrF2NO3/c15-7-10-6-11(16)4-5-13(10)21-8-9-2-1-3-12(14(9)17)18(19)20/h1-6H,7-8H2. The monoisotopic (exact) mass is 357 g/mol. The molecule has 0 saturated carbocycles. The van der Waals surface area contributed by atoms with Gasteiger partial charge in [0.15, 0.2) is 0 Å². The van der Waals surface area contributed by atoms with E-state index < -0.39 is 22.2 Å². The van der Waals surface area contributed by atoms with Crippen molar-refractivity contribution >= 4 is 21.6 Å². The second kappa shape index (κ2) is 6.62. The fourth-order valence-electron chi connectivity index (χ4n) is 1.77. The van der Waals surface area contributed by atoms with E-state index in [0.717, 1.165) is 6.07 Å². The van der Waals surface area contributed by atoms with Crippen LogP contribution in [0.4, 0.5) is 14.5 Å². The van der Waals surface area contributed by atoms with Crippen LogP contribution in [0.1, 0.15) is 11.1 Å². The van der Waals surface area contributed by atoms with Crippen molar-refractivity contribution in [3.8, 4) is 5.75 Å². The molecule has 2 aromatic rings. The summed E-state index contributed by atoms with van der Waals surface area (Å²) in [5.41, 5.74) is 0.0332. The molecule has 0 heterocycles. The third-order valence-corrected chi connectivity index (χ3v) is 3.41. The van der Waals surface area contributed by atoms with Gasteiger partial charge in [-0.25, -0.2) is 4.39 Å². The van der Waals surface area contributed by atoms with Crippen LogP contribution in [0, 0.1) is 21.7 Å². The minimum absolute atomic E-state index is 0.0639. The molecule has 2 rings (SSSR count). The zero-order valence-corrected chi connectivity index (χ0v) is 12.3. The predicted octanol–water partition coefficient (Wildman–Crippen LogP) is 4.35. The number of ether oxygens (including phenoxy) is 1. The Morgan fingerprint density at radius 3 is 2.62 bits per heavy atom. The van der Waals surface area contributed by atoms with Crippen LogP contribution in [0.2, 0.25) is 0 Å². The van der Waals surface area contributed by atoms with Gasteiger partial charge >= 0.3 is 5.69 Å². The number of alkyl halides is 1. The highest BCUT2D eigenvalue weighted by atomic mass is 79.9. The average Bonchev–Trinajstić information content (AvgIpc) is 2.46. The molecule has 0 radical (unpaired) electrons. The van der Waals surface area contributed by atoms with E-state index in [1.807, 2.05) is 0 Å². The van der Waals surface area contributed by atoms with Crippen molar-refractivity contribution in [3.63, 3.8) is 0 Å². The first kappa shape index (κ1) is 15.4. The largest absolute Gasteiger partial charge is 0.488 e. The lowest BCUT2D eigenvalue weighted by Gasteiger charge is -2.10. The summed E-state index contributed by atoms with van der Waals surface area (Å²) in [5, 5.41) is 11.0. The molecule has 0 amide bonds. The highest BCUT2D eigenvalue weighted by molar-refractivity contribution is 9.08. The molecule has 4 nitrogen and oxygen atoms in total. The SMILES string of the molecule is O=[N+]([O-])c1cccc(COc2ccc(F)cc2CBr)c1F. The summed E-state index contributed by atoms with van der Waals surface area (Å²) in [6.07, 6.45) is 0. The van der Waals surface area contributed by atoms with E-state index in [2.05, 4.69) is 15.9 Å². The molecule has 2 aromatic carbocycles. The van der Waals surface area contributed by atoms with E-state index in [9.17, 15) is 18.9 Å². The van der Waals surface area contributed by atoms with Crippen LogP contribution < -0.4 is 4.74 Å². The summed E-state index contributed by atoms with van der Waals surface area (Å²) in [6, 6.07) is 7.83. The van der Waals surface area contributed by atoms with Crippen LogP contribution in [0.25, 0.3) is 0 Å². The Morgan fingerprint density at radius 1 is 1.19 bits per heavy atom. The first-order valence-corrected chi connectivity index (χ1v) is 7.04. The highest BCUT2D eigenvalue weighted by Crippen LogP contribution is 2.25. The van der Waals surface area contributed by atoms with Crippen molar-refractivity contribution in [2.24, 2.45) is 0 Å². The topological polar surface area (TPSA) is 52.4 Å². The molecule has 0 N–H and O–H groups in total. The lowest BCUT2D eigenvalue weighted by atomic mass is 10.2. The van der Waals surface area contributed by atoms with Crippen LogP contribution >= 0.6 is 15.9 Å². The molecular weight excluding hydrogens is 348 g/mol. The molecule has 0 saturated heterocycles. The minimum atomic E-state index is -0.926. The van der Waals surface area contributed by atoms with Gasteiger partial charge in [0.05, 0.1) is 4.92 Å². The third-order valence-electron chi connectivity index (χ3n) is 2.80. The minimum Gasteiger partial charge on any atom is -0.488 e. The van der Waals surface area contributed by atoms with Crippen LogP contribution in [-0.2, 0) is 11.9 Å². The van der Waals surface area contributed by atoms with Gasteiger partial charge in [0.1, 0.15) is 18.2 Å². The summed E-state index contributed by atoms with van der Waals surface area (Å²) < 4.78 is 32.4. The molecule has 0 atom stereocenters. The second-order valence-electron chi connectivity index (χ2n) is 4.18. The Kier molecular flexibility index (Phi) is 4.85. The summed E-state index contributed by atoms with van der Waals surface area (Å²) in [7, 11) is 0. The van der Waals surface area contributed by atoms with Gasteiger partial charge in [-0.05, 0) is 18.2 Å². The molecule has 0 fully saturated rings. The smallest absolute Gasteiger partial charge is 0.305 e. The maximum absolute atomic E-state index is 13.9. The van der Waals surface area contributed by atoms with Gasteiger partial charge in [0.25, 0.3) is 0 Å². The van der Waals surface area contributed by atoms with Crippen molar-refractivity contribution < 1.29 is 18.4 Å². The maximum Gasteiger partial charge on any atom is 0.305 e. The lowest BCUT2D eigenvalue weighted by molar-refractivity contribution is -0.387. The van der Waals surface area contributed by atoms with Gasteiger partial charge in [-0.1, -0.05) is 28.1 Å². The van der Waals surface area contributed by atoms with Crippen LogP contribution in [0.15, 0.2) is 36.4 Å². The first-order chi connectivity index (χ1) is 10.0. The summed E-state index contributed by atoms with van der Waals surface area (Å²) >= 11 is 3.20. The third kappa shape index (κ3) is 3.55. The summed E-state index contributed by atoms with van der Waals surface area (Å²) in [6.45, 7) is -0.181. The van der Waals surface area contributed by atoms with Crippen LogP contribution in [-0.4, -0.2) is 4.92 Å². The molecule has 0 aliphatic rings. The molecule has 110 valence electrons. The number of rotatable bonds is 5. The zero-order chi connectivity index (χ0) is 15.4. The van der Waals surface area contributed by atoms with Crippen molar-refractivity contribution in [1.82, 2.24) is 0 Å². The highest BCUT2D eigenvalue weighted by Gasteiger charge is 2.17. The Balaban J connectivity index is 2.21. The lowest BCUT2D eigenvalue weighted by Crippen LogP contribution is -2.03. The van der Waals surface area contributed by atoms with Crippen molar-refractivity contribution in [2.75, 3.05) is 0 Å². The van der Waals surface area contributed by atoms with Gasteiger partial charge in [0.2, 0.25) is 5.82 Å². The predicted molar refractivity (Wildman–Crippen MR) is 76.4 cm³/mol. The van der Waals surface area contributed by atoms with Gasteiger partial charge in [0, 0.05) is 22.5 Å². The molecule has 0 aromatic heterocycles. The number of hydrogen-bond donors (Lipinski definition) is 0. The Hall–Kier alpha value is -2.02. The molecule has 21 heavy (non-hydrogen) atoms. The first-order valence-electron chi connectivity index (χ1n) is 5.92. The van der Waals surface area contributed by atoms with Crippen LogP contribution in [0.5, 0.6) is 5.75 Å². The number of halogens is 3. The normalized spacial score (nSPS) is 10.4. The van der Waals surface area contributed by atoms with Crippen molar-refractivity contribution in [2.45, 2.75) is 11.9 Å². The van der Waals surface area contributed by atoms with Gasteiger partial charge in [-0.15, -0.1) is 0 Å². The number of benzene rings is 2. The molecule has 7 heteroatoms. The van der Waals surface area contributed by atoms with Gasteiger partial charge in [-0.2, -0.15) is 4.39 Å². The molecule has 0 spiro atoms. The molecule has 0 aliphatic carbocycles. The summed E-state index contributed by atoms with van der Waals surface area (Å²) in [5.74, 6) is -0.942. The molecule has 0 bridgehead atoms. The van der Waals surface area contributed by atoms with E-state index in [0.29, 0.717) is 16.6 Å². The number of nitrogens with zero attached hydrogens (tertiary/aromatic N) is 1. The van der Waals surface area contributed by atoms with Crippen molar-refractivity contribution in [3.05, 3.63) is 69.3 Å². The van der Waals surface area contributed by atoms with Gasteiger partial charge in [-0.3, -0.25) is 10.1 Å². The van der Waals surface area contributed by atoms with Gasteiger partial charge < -0.3 is 4.74 Å². The summed E-state index contributed by atoms with van der Waals surface area (Å²) in [4.78, 5) is 9.87. The zero-order valence-electron chi connectivity index (χ0n) is 10.7. The Labute approximate surface area is 127 Å². The van der Waals surface area contributed by atoms with E-state index >= 15 is 0 Å². The Bertz CT molecular complexity index is 679. The number of nitro benzene ring substituents is 1. The van der Waals surface area contributed by atoms with Crippen LogP contribution in [0.3, 0.4) is 0 Å². The van der Waals surface area contributed by atoms with Crippen molar-refractivity contribution in [1.29, 1.82) is 0 Å². The number of nitro groups is 1. The quantitative estimate of drug-likeness (QED) is 0.454. The fraction of sp³-hybridized carbons (Fsp3) is 0.143. The molecule has 0 unspecified atom stereocenters.